The Labute approximate surface area is 164 Å². The van der Waals surface area contributed by atoms with Crippen LogP contribution >= 0.6 is 0 Å². The Balaban J connectivity index is 1.38. The van der Waals surface area contributed by atoms with Crippen molar-refractivity contribution in [2.24, 2.45) is 17.8 Å². The molecule has 6 heteroatoms. The molecule has 2 aromatic rings. The highest BCUT2D eigenvalue weighted by atomic mass is 16.2. The van der Waals surface area contributed by atoms with Gasteiger partial charge in [-0.05, 0) is 31.2 Å². The van der Waals surface area contributed by atoms with Gasteiger partial charge in [-0.1, -0.05) is 18.2 Å². The molecule has 3 fully saturated rings. The van der Waals surface area contributed by atoms with Crippen molar-refractivity contribution in [2.75, 3.05) is 26.7 Å². The van der Waals surface area contributed by atoms with Gasteiger partial charge in [-0.3, -0.25) is 14.4 Å². The third kappa shape index (κ3) is 2.82. The molecule has 3 heterocycles. The van der Waals surface area contributed by atoms with Crippen LogP contribution in [0.4, 0.5) is 0 Å². The number of hydrogen-bond donors (Lipinski definition) is 0. The fourth-order valence-corrected chi connectivity index (χ4v) is 4.79. The molecule has 2 saturated heterocycles. The molecule has 2 unspecified atom stereocenters. The molecule has 0 bridgehead atoms. The topological polar surface area (TPSA) is 62.6 Å². The molecule has 0 radical (unpaired) electrons. The van der Waals surface area contributed by atoms with Crippen molar-refractivity contribution in [3.63, 3.8) is 0 Å². The lowest BCUT2D eigenvalue weighted by Crippen LogP contribution is -2.42. The van der Waals surface area contributed by atoms with Crippen LogP contribution in [0.2, 0.25) is 0 Å². The summed E-state index contributed by atoms with van der Waals surface area (Å²) in [5.74, 6) is 0.756. The van der Waals surface area contributed by atoms with Crippen LogP contribution in [-0.2, 0) is 16.1 Å². The fourth-order valence-electron chi connectivity index (χ4n) is 4.79. The molecule has 2 atom stereocenters. The van der Waals surface area contributed by atoms with Crippen molar-refractivity contribution in [3.8, 4) is 0 Å². The van der Waals surface area contributed by atoms with E-state index in [4.69, 9.17) is 0 Å². The first-order valence-corrected chi connectivity index (χ1v) is 10.2. The second kappa shape index (κ2) is 6.47. The van der Waals surface area contributed by atoms with E-state index in [0.29, 0.717) is 13.1 Å². The summed E-state index contributed by atoms with van der Waals surface area (Å²) in [5, 5.41) is 0.930. The predicted molar refractivity (Wildman–Crippen MR) is 105 cm³/mol. The first-order valence-electron chi connectivity index (χ1n) is 10.2. The Morgan fingerprint density at radius 3 is 2.68 bits per heavy atom. The number of benzene rings is 1. The van der Waals surface area contributed by atoms with E-state index in [1.54, 1.807) is 4.90 Å². The van der Waals surface area contributed by atoms with Crippen molar-refractivity contribution in [3.05, 3.63) is 36.0 Å². The number of amides is 2. The van der Waals surface area contributed by atoms with E-state index in [0.717, 1.165) is 42.3 Å². The smallest absolute Gasteiger partial charge is 0.242 e. The summed E-state index contributed by atoms with van der Waals surface area (Å²) < 4.78 is 1.91. The number of likely N-dealkylation sites (tertiary alicyclic amines) is 2. The molecule has 5 rings (SSSR count). The van der Waals surface area contributed by atoms with E-state index in [-0.39, 0.29) is 41.9 Å². The maximum atomic E-state index is 13.0. The monoisotopic (exact) mass is 379 g/mol. The van der Waals surface area contributed by atoms with Crippen molar-refractivity contribution in [2.45, 2.75) is 25.8 Å². The highest BCUT2D eigenvalue weighted by Gasteiger charge is 2.43. The largest absolute Gasteiger partial charge is 0.345 e. The minimum atomic E-state index is -0.0592. The summed E-state index contributed by atoms with van der Waals surface area (Å²) in [5.41, 5.74) is 1.66. The van der Waals surface area contributed by atoms with Gasteiger partial charge in [0.2, 0.25) is 11.8 Å². The van der Waals surface area contributed by atoms with E-state index < -0.39 is 0 Å². The van der Waals surface area contributed by atoms with Crippen LogP contribution in [0.3, 0.4) is 0 Å². The second-order valence-corrected chi connectivity index (χ2v) is 8.54. The Morgan fingerprint density at radius 2 is 1.89 bits per heavy atom. The van der Waals surface area contributed by atoms with Crippen molar-refractivity contribution in [1.82, 2.24) is 14.4 Å². The van der Waals surface area contributed by atoms with E-state index in [2.05, 4.69) is 0 Å². The zero-order valence-corrected chi connectivity index (χ0v) is 16.1. The number of carbonyl (C=O) groups is 3. The number of piperidine rings is 1. The van der Waals surface area contributed by atoms with Gasteiger partial charge in [0.1, 0.15) is 6.54 Å². The lowest BCUT2D eigenvalue weighted by atomic mass is 9.88. The van der Waals surface area contributed by atoms with Gasteiger partial charge in [-0.2, -0.15) is 0 Å². The highest BCUT2D eigenvalue weighted by Crippen LogP contribution is 2.36. The van der Waals surface area contributed by atoms with Gasteiger partial charge < -0.3 is 14.4 Å². The van der Waals surface area contributed by atoms with Crippen molar-refractivity contribution >= 4 is 28.5 Å². The average Bonchev–Trinajstić information content (AvgIpc) is 3.36. The minimum Gasteiger partial charge on any atom is -0.345 e. The molecular formula is C22H25N3O3. The van der Waals surface area contributed by atoms with Gasteiger partial charge in [0.25, 0.3) is 0 Å². The molecule has 1 aromatic heterocycles. The molecule has 2 aliphatic heterocycles. The normalized spacial score (nSPS) is 24.7. The molecule has 28 heavy (non-hydrogen) atoms. The molecule has 0 N–H and O–H groups in total. The maximum Gasteiger partial charge on any atom is 0.242 e. The zero-order valence-electron chi connectivity index (χ0n) is 16.1. The van der Waals surface area contributed by atoms with Crippen molar-refractivity contribution in [1.29, 1.82) is 0 Å². The number of para-hydroxylation sites is 1. The summed E-state index contributed by atoms with van der Waals surface area (Å²) in [7, 11) is 1.84. The molecule has 3 aliphatic rings. The van der Waals surface area contributed by atoms with Crippen LogP contribution in [0.15, 0.2) is 30.5 Å². The van der Waals surface area contributed by atoms with Gasteiger partial charge in [0.05, 0.1) is 5.92 Å². The fraction of sp³-hybridized carbons (Fsp3) is 0.500. The van der Waals surface area contributed by atoms with Gasteiger partial charge in [0.15, 0.2) is 5.78 Å². The maximum absolute atomic E-state index is 13.0. The standard InChI is InChI=1S/C22H25N3O3/c1-23-9-8-15-10-25(11-17(15)22(23)28)20(26)13-24-12-18(21(27)14-6-7-14)16-4-2-3-5-19(16)24/h2-5,12,14-15,17H,6-11,13H2,1H3. The summed E-state index contributed by atoms with van der Waals surface area (Å²) in [6.07, 6.45) is 4.75. The Morgan fingerprint density at radius 1 is 1.11 bits per heavy atom. The molecular weight excluding hydrogens is 354 g/mol. The summed E-state index contributed by atoms with van der Waals surface area (Å²) in [4.78, 5) is 41.7. The average molecular weight is 379 g/mol. The van der Waals surface area contributed by atoms with Gasteiger partial charge in [0, 0.05) is 55.3 Å². The molecule has 1 aliphatic carbocycles. The number of carbonyl (C=O) groups excluding carboxylic acids is 3. The van der Waals surface area contributed by atoms with Crippen LogP contribution in [0.25, 0.3) is 10.9 Å². The number of hydrogen-bond acceptors (Lipinski definition) is 3. The highest BCUT2D eigenvalue weighted by molar-refractivity contribution is 6.10. The van der Waals surface area contributed by atoms with Crippen LogP contribution in [0.5, 0.6) is 0 Å². The summed E-state index contributed by atoms with van der Waals surface area (Å²) in [6, 6.07) is 7.80. The Hall–Kier alpha value is -2.63. The Kier molecular flexibility index (Phi) is 4.03. The molecule has 1 saturated carbocycles. The molecule has 1 aromatic carbocycles. The SMILES string of the molecule is CN1CCC2CN(C(=O)Cn3cc(C(=O)C4CC4)c4ccccc43)CC2C1=O. The quantitative estimate of drug-likeness (QED) is 0.765. The van der Waals surface area contributed by atoms with Gasteiger partial charge in [-0.25, -0.2) is 0 Å². The molecule has 0 spiro atoms. The van der Waals surface area contributed by atoms with E-state index in [9.17, 15) is 14.4 Å². The van der Waals surface area contributed by atoms with E-state index in [1.165, 1.54) is 0 Å². The Bertz CT molecular complexity index is 975. The van der Waals surface area contributed by atoms with E-state index >= 15 is 0 Å². The third-order valence-electron chi connectivity index (χ3n) is 6.63. The first kappa shape index (κ1) is 17.5. The zero-order chi connectivity index (χ0) is 19.4. The number of ketones is 1. The number of fused-ring (bicyclic) bond motifs is 2. The number of Topliss-reactive ketones (excluding diaryl/α,β-unsaturated/α-hetero) is 1. The second-order valence-electron chi connectivity index (χ2n) is 8.54. The first-order chi connectivity index (χ1) is 13.5. The van der Waals surface area contributed by atoms with Gasteiger partial charge >= 0.3 is 0 Å². The van der Waals surface area contributed by atoms with Crippen LogP contribution in [-0.4, -0.2) is 58.6 Å². The third-order valence-corrected chi connectivity index (χ3v) is 6.63. The van der Waals surface area contributed by atoms with Crippen molar-refractivity contribution < 1.29 is 14.4 Å². The molecule has 6 nitrogen and oxygen atoms in total. The summed E-state index contributed by atoms with van der Waals surface area (Å²) >= 11 is 0. The summed E-state index contributed by atoms with van der Waals surface area (Å²) in [6.45, 7) is 2.16. The predicted octanol–water partition coefficient (Wildman–Crippen LogP) is 2.17. The molecule has 146 valence electrons. The van der Waals surface area contributed by atoms with Crippen LogP contribution in [0.1, 0.15) is 29.6 Å². The number of aromatic nitrogens is 1. The van der Waals surface area contributed by atoms with E-state index in [1.807, 2.05) is 47.0 Å². The lowest BCUT2D eigenvalue weighted by molar-refractivity contribution is -0.138. The minimum absolute atomic E-state index is 0.0241. The van der Waals surface area contributed by atoms with Crippen LogP contribution in [0, 0.1) is 17.8 Å². The number of rotatable bonds is 4. The van der Waals surface area contributed by atoms with Gasteiger partial charge in [-0.15, -0.1) is 0 Å². The number of nitrogens with zero attached hydrogens (tertiary/aromatic N) is 3. The van der Waals surface area contributed by atoms with Crippen LogP contribution < -0.4 is 0 Å². The molecule has 2 amide bonds. The lowest BCUT2D eigenvalue weighted by Gasteiger charge is -2.30.